The van der Waals surface area contributed by atoms with Gasteiger partial charge >= 0.3 is 0 Å². The van der Waals surface area contributed by atoms with Crippen molar-refractivity contribution < 1.29 is 9.53 Å². The number of fused-ring (bicyclic) bond motifs is 1. The molecular formula is C28H32N4O2. The van der Waals surface area contributed by atoms with Gasteiger partial charge in [0.2, 0.25) is 0 Å². The molecule has 34 heavy (non-hydrogen) atoms. The van der Waals surface area contributed by atoms with Crippen LogP contribution in [-0.4, -0.2) is 34.3 Å². The van der Waals surface area contributed by atoms with Crippen LogP contribution in [0.2, 0.25) is 0 Å². The van der Waals surface area contributed by atoms with E-state index in [9.17, 15) is 4.79 Å². The number of hydrogen-bond acceptors (Lipinski definition) is 3. The Morgan fingerprint density at radius 3 is 2.59 bits per heavy atom. The summed E-state index contributed by atoms with van der Waals surface area (Å²) in [6.45, 7) is 6.85. The van der Waals surface area contributed by atoms with Crippen LogP contribution >= 0.6 is 0 Å². The standard InChI is InChI=1S/C28H32N4O2/c1-28(2,3)32-26(19-9-10-19)15-25(31-32)27(33)30-16-22(18-11-13-20(34-4)14-12-18)23-17-29-24-8-6-5-7-21(23)24/h5-8,11-15,17,19,22,29H,9-10,16H2,1-4H3,(H,30,33). The number of benzene rings is 2. The Balaban J connectivity index is 1.43. The summed E-state index contributed by atoms with van der Waals surface area (Å²) >= 11 is 0. The van der Waals surface area contributed by atoms with E-state index in [1.165, 1.54) is 18.5 Å². The maximum atomic E-state index is 13.2. The zero-order valence-electron chi connectivity index (χ0n) is 20.3. The highest BCUT2D eigenvalue weighted by Gasteiger charge is 2.32. The summed E-state index contributed by atoms with van der Waals surface area (Å²) in [6, 6.07) is 18.3. The Morgan fingerprint density at radius 2 is 1.91 bits per heavy atom. The molecule has 1 atom stereocenters. The number of amides is 1. The molecule has 2 aromatic heterocycles. The maximum Gasteiger partial charge on any atom is 0.271 e. The fourth-order valence-corrected chi connectivity index (χ4v) is 4.62. The molecule has 1 aliphatic rings. The van der Waals surface area contributed by atoms with Crippen LogP contribution in [0.5, 0.6) is 5.75 Å². The number of carbonyl (C=O) groups is 1. The summed E-state index contributed by atoms with van der Waals surface area (Å²) < 4.78 is 7.37. The lowest BCUT2D eigenvalue weighted by molar-refractivity contribution is 0.0946. The van der Waals surface area contributed by atoms with Crippen molar-refractivity contribution in [2.75, 3.05) is 13.7 Å². The molecule has 0 saturated heterocycles. The second kappa shape index (κ2) is 8.67. The van der Waals surface area contributed by atoms with E-state index in [2.05, 4.69) is 55.3 Å². The molecule has 4 aromatic rings. The fourth-order valence-electron chi connectivity index (χ4n) is 4.62. The van der Waals surface area contributed by atoms with E-state index in [1.54, 1.807) is 7.11 Å². The van der Waals surface area contributed by atoms with Crippen molar-refractivity contribution in [1.82, 2.24) is 20.1 Å². The van der Waals surface area contributed by atoms with Gasteiger partial charge in [-0.15, -0.1) is 0 Å². The zero-order chi connectivity index (χ0) is 23.9. The first-order chi connectivity index (χ1) is 16.3. The quantitative estimate of drug-likeness (QED) is 0.382. The van der Waals surface area contributed by atoms with Crippen LogP contribution in [0, 0.1) is 0 Å². The van der Waals surface area contributed by atoms with Gasteiger partial charge in [0, 0.05) is 41.2 Å². The minimum atomic E-state index is -0.161. The summed E-state index contributed by atoms with van der Waals surface area (Å²) in [5, 5.41) is 9.04. The topological polar surface area (TPSA) is 71.9 Å². The van der Waals surface area contributed by atoms with Crippen molar-refractivity contribution in [1.29, 1.82) is 0 Å². The summed E-state index contributed by atoms with van der Waals surface area (Å²) in [4.78, 5) is 16.6. The third-order valence-electron chi connectivity index (χ3n) is 6.58. The average Bonchev–Trinajstić information content (AvgIpc) is 3.42. The third kappa shape index (κ3) is 4.32. The number of aromatic amines is 1. The van der Waals surface area contributed by atoms with E-state index in [-0.39, 0.29) is 17.4 Å². The Morgan fingerprint density at radius 1 is 1.18 bits per heavy atom. The van der Waals surface area contributed by atoms with Crippen LogP contribution in [-0.2, 0) is 5.54 Å². The van der Waals surface area contributed by atoms with Crippen molar-refractivity contribution in [3.8, 4) is 5.75 Å². The Hall–Kier alpha value is -3.54. The van der Waals surface area contributed by atoms with Gasteiger partial charge in [0.05, 0.1) is 12.6 Å². The van der Waals surface area contributed by atoms with E-state index in [1.807, 2.05) is 41.2 Å². The molecule has 0 aliphatic heterocycles. The molecule has 5 rings (SSSR count). The molecule has 1 saturated carbocycles. The summed E-state index contributed by atoms with van der Waals surface area (Å²) in [6.07, 6.45) is 4.39. The smallest absolute Gasteiger partial charge is 0.271 e. The van der Waals surface area contributed by atoms with Gasteiger partial charge in [-0.2, -0.15) is 5.10 Å². The highest BCUT2D eigenvalue weighted by Crippen LogP contribution is 2.41. The number of nitrogens with one attached hydrogen (secondary N) is 2. The number of para-hydroxylation sites is 1. The van der Waals surface area contributed by atoms with E-state index in [0.717, 1.165) is 27.8 Å². The molecule has 1 unspecified atom stereocenters. The minimum Gasteiger partial charge on any atom is -0.497 e. The monoisotopic (exact) mass is 456 g/mol. The lowest BCUT2D eigenvalue weighted by Crippen LogP contribution is -2.30. The van der Waals surface area contributed by atoms with Crippen LogP contribution < -0.4 is 10.1 Å². The zero-order valence-corrected chi connectivity index (χ0v) is 20.3. The minimum absolute atomic E-state index is 0.0152. The largest absolute Gasteiger partial charge is 0.497 e. The molecule has 2 N–H and O–H groups in total. The number of hydrogen-bond donors (Lipinski definition) is 2. The van der Waals surface area contributed by atoms with Crippen molar-refractivity contribution in [3.63, 3.8) is 0 Å². The molecule has 0 radical (unpaired) electrons. The van der Waals surface area contributed by atoms with Gasteiger partial charge in [-0.1, -0.05) is 30.3 Å². The SMILES string of the molecule is COc1ccc(C(CNC(=O)c2cc(C3CC3)n(C(C)(C)C)n2)c2c[nH]c3ccccc23)cc1. The molecule has 2 aromatic carbocycles. The third-order valence-corrected chi connectivity index (χ3v) is 6.58. The molecule has 0 bridgehead atoms. The van der Waals surface area contributed by atoms with Gasteiger partial charge in [0.1, 0.15) is 11.4 Å². The fraction of sp³-hybridized carbons (Fsp3) is 0.357. The van der Waals surface area contributed by atoms with Crippen molar-refractivity contribution in [2.24, 2.45) is 0 Å². The molecule has 1 fully saturated rings. The van der Waals surface area contributed by atoms with E-state index in [0.29, 0.717) is 18.2 Å². The highest BCUT2D eigenvalue weighted by molar-refractivity contribution is 5.92. The molecule has 1 amide bonds. The van der Waals surface area contributed by atoms with Crippen molar-refractivity contribution in [3.05, 3.63) is 83.3 Å². The molecule has 6 heteroatoms. The predicted octanol–water partition coefficient (Wildman–Crippen LogP) is 5.57. The lowest BCUT2D eigenvalue weighted by Gasteiger charge is -2.22. The molecule has 0 spiro atoms. The Kier molecular flexibility index (Phi) is 5.68. The van der Waals surface area contributed by atoms with Crippen LogP contribution in [0.3, 0.4) is 0 Å². The predicted molar refractivity (Wildman–Crippen MR) is 135 cm³/mol. The first-order valence-electron chi connectivity index (χ1n) is 11.9. The molecule has 1 aliphatic carbocycles. The van der Waals surface area contributed by atoms with Gasteiger partial charge in [-0.05, 0) is 69.0 Å². The molecule has 6 nitrogen and oxygen atoms in total. The van der Waals surface area contributed by atoms with Crippen LogP contribution in [0.4, 0.5) is 0 Å². The summed E-state index contributed by atoms with van der Waals surface area (Å²) in [5.41, 5.74) is 4.85. The number of nitrogens with zero attached hydrogens (tertiary/aromatic N) is 2. The highest BCUT2D eigenvalue weighted by atomic mass is 16.5. The Labute approximate surface area is 200 Å². The molecule has 2 heterocycles. The van der Waals surface area contributed by atoms with Crippen LogP contribution in [0.15, 0.2) is 60.8 Å². The lowest BCUT2D eigenvalue weighted by atomic mass is 9.90. The second-order valence-corrected chi connectivity index (χ2v) is 10.1. The number of aromatic nitrogens is 3. The Bertz CT molecular complexity index is 1310. The number of ether oxygens (including phenoxy) is 1. The van der Waals surface area contributed by atoms with Crippen molar-refractivity contribution in [2.45, 2.75) is 51.0 Å². The summed E-state index contributed by atoms with van der Waals surface area (Å²) in [7, 11) is 1.67. The van der Waals surface area contributed by atoms with Gasteiger partial charge in [-0.3, -0.25) is 9.48 Å². The number of rotatable bonds is 7. The van der Waals surface area contributed by atoms with Crippen LogP contribution in [0.25, 0.3) is 10.9 Å². The maximum absolute atomic E-state index is 13.2. The molecular weight excluding hydrogens is 424 g/mol. The van der Waals surface area contributed by atoms with E-state index >= 15 is 0 Å². The van der Waals surface area contributed by atoms with Crippen molar-refractivity contribution >= 4 is 16.8 Å². The number of carbonyl (C=O) groups excluding carboxylic acids is 1. The van der Waals surface area contributed by atoms with E-state index in [4.69, 9.17) is 9.84 Å². The second-order valence-electron chi connectivity index (χ2n) is 10.1. The van der Waals surface area contributed by atoms with Gasteiger partial charge in [-0.25, -0.2) is 0 Å². The van der Waals surface area contributed by atoms with Gasteiger partial charge in [0.15, 0.2) is 0 Å². The number of methoxy groups -OCH3 is 1. The summed E-state index contributed by atoms with van der Waals surface area (Å²) in [5.74, 6) is 1.18. The first-order valence-corrected chi connectivity index (χ1v) is 11.9. The van der Waals surface area contributed by atoms with Gasteiger partial charge in [0.25, 0.3) is 5.91 Å². The van der Waals surface area contributed by atoms with Crippen LogP contribution in [0.1, 0.15) is 72.8 Å². The number of H-pyrrole nitrogens is 1. The first kappa shape index (κ1) is 22.3. The van der Waals surface area contributed by atoms with E-state index < -0.39 is 0 Å². The molecule has 176 valence electrons. The normalized spacial score (nSPS) is 14.8. The average molecular weight is 457 g/mol. The van der Waals surface area contributed by atoms with Gasteiger partial charge < -0.3 is 15.0 Å².